The van der Waals surface area contributed by atoms with E-state index in [0.717, 1.165) is 13.0 Å². The van der Waals surface area contributed by atoms with Crippen molar-refractivity contribution < 1.29 is 9.05 Å². The van der Waals surface area contributed by atoms with Gasteiger partial charge in [0.2, 0.25) is 0 Å². The van der Waals surface area contributed by atoms with Crippen LogP contribution in [0.5, 0.6) is 0 Å². The van der Waals surface area contributed by atoms with E-state index in [2.05, 4.69) is 6.92 Å². The molecule has 2 unspecified atom stereocenters. The van der Waals surface area contributed by atoms with Crippen LogP contribution in [0, 0.1) is 0 Å². The molecular formula is C4H9O2P. The maximum absolute atomic E-state index is 5.08. The summed E-state index contributed by atoms with van der Waals surface area (Å²) in [4.78, 5) is 0. The van der Waals surface area contributed by atoms with Crippen LogP contribution in [0.3, 0.4) is 0 Å². The fourth-order valence-electron chi connectivity index (χ4n) is 0.442. The van der Waals surface area contributed by atoms with E-state index in [1.807, 2.05) is 0 Å². The average Bonchev–Trinajstić information content (AvgIpc) is 1.69. The number of rotatable bonds is 0. The first kappa shape index (κ1) is 5.49. The molecule has 0 amide bonds. The lowest BCUT2D eigenvalue weighted by atomic mass is 10.3. The zero-order valence-corrected chi connectivity index (χ0v) is 5.31. The van der Waals surface area contributed by atoms with Crippen LogP contribution in [0.25, 0.3) is 0 Å². The SMILES string of the molecule is CC1CCOPO1. The van der Waals surface area contributed by atoms with E-state index >= 15 is 0 Å². The summed E-state index contributed by atoms with van der Waals surface area (Å²) in [5, 5.41) is 0. The first-order valence-electron chi connectivity index (χ1n) is 2.42. The van der Waals surface area contributed by atoms with Gasteiger partial charge in [-0.05, 0) is 13.3 Å². The molecule has 0 radical (unpaired) electrons. The molecule has 0 N–H and O–H groups in total. The summed E-state index contributed by atoms with van der Waals surface area (Å²) in [5.41, 5.74) is 0. The molecule has 0 bridgehead atoms. The Balaban J connectivity index is 2.12. The van der Waals surface area contributed by atoms with Gasteiger partial charge >= 0.3 is 0 Å². The van der Waals surface area contributed by atoms with Crippen molar-refractivity contribution in [1.82, 2.24) is 0 Å². The molecule has 0 saturated carbocycles. The first-order chi connectivity index (χ1) is 3.39. The van der Waals surface area contributed by atoms with Crippen LogP contribution in [0.1, 0.15) is 13.3 Å². The second-order valence-electron chi connectivity index (χ2n) is 1.65. The summed E-state index contributed by atoms with van der Waals surface area (Å²) in [6.45, 7) is 2.94. The topological polar surface area (TPSA) is 18.5 Å². The van der Waals surface area contributed by atoms with Gasteiger partial charge in [0.15, 0.2) is 9.03 Å². The quantitative estimate of drug-likeness (QED) is 0.449. The zero-order valence-electron chi connectivity index (χ0n) is 4.31. The smallest absolute Gasteiger partial charge is 0.155 e. The highest BCUT2D eigenvalue weighted by molar-refractivity contribution is 7.26. The molecule has 1 fully saturated rings. The Labute approximate surface area is 45.1 Å². The minimum Gasteiger partial charge on any atom is -0.336 e. The third kappa shape index (κ3) is 1.72. The average molecular weight is 120 g/mol. The van der Waals surface area contributed by atoms with E-state index in [1.165, 1.54) is 0 Å². The highest BCUT2D eigenvalue weighted by Crippen LogP contribution is 2.23. The normalized spacial score (nSPS) is 36.4. The molecule has 1 rings (SSSR count). The maximum atomic E-state index is 5.08. The van der Waals surface area contributed by atoms with Crippen LogP contribution in [0.2, 0.25) is 0 Å². The molecule has 0 aromatic heterocycles. The zero-order chi connectivity index (χ0) is 5.11. The Morgan fingerprint density at radius 2 is 2.57 bits per heavy atom. The van der Waals surface area contributed by atoms with Crippen LogP contribution in [0.15, 0.2) is 0 Å². The van der Waals surface area contributed by atoms with Gasteiger partial charge in [-0.15, -0.1) is 0 Å². The largest absolute Gasteiger partial charge is 0.336 e. The summed E-state index contributed by atoms with van der Waals surface area (Å²) >= 11 is 0. The lowest BCUT2D eigenvalue weighted by Crippen LogP contribution is -2.10. The predicted molar refractivity (Wildman–Crippen MR) is 29.4 cm³/mol. The molecule has 1 heterocycles. The van der Waals surface area contributed by atoms with Crippen LogP contribution in [-0.4, -0.2) is 12.7 Å². The number of hydrogen-bond donors (Lipinski definition) is 0. The van der Waals surface area contributed by atoms with Crippen LogP contribution < -0.4 is 0 Å². The summed E-state index contributed by atoms with van der Waals surface area (Å²) in [7, 11) is 0.282. The monoisotopic (exact) mass is 120 g/mol. The molecule has 2 atom stereocenters. The van der Waals surface area contributed by atoms with E-state index in [1.54, 1.807) is 0 Å². The highest BCUT2D eigenvalue weighted by Gasteiger charge is 2.06. The third-order valence-corrected chi connectivity index (χ3v) is 1.76. The van der Waals surface area contributed by atoms with Gasteiger partial charge < -0.3 is 9.05 Å². The molecule has 0 spiro atoms. The first-order valence-corrected chi connectivity index (χ1v) is 3.23. The molecule has 0 aromatic carbocycles. The van der Waals surface area contributed by atoms with Crippen LogP contribution in [-0.2, 0) is 9.05 Å². The predicted octanol–water partition coefficient (Wildman–Crippen LogP) is 1.32. The van der Waals surface area contributed by atoms with E-state index in [-0.39, 0.29) is 9.03 Å². The van der Waals surface area contributed by atoms with Crippen molar-refractivity contribution in [2.45, 2.75) is 19.4 Å². The van der Waals surface area contributed by atoms with Crippen LogP contribution in [0.4, 0.5) is 0 Å². The minimum absolute atomic E-state index is 0.282. The van der Waals surface area contributed by atoms with Gasteiger partial charge in [-0.3, -0.25) is 0 Å². The molecule has 1 aliphatic heterocycles. The van der Waals surface area contributed by atoms with Crippen molar-refractivity contribution in [3.63, 3.8) is 0 Å². The molecule has 1 saturated heterocycles. The summed E-state index contributed by atoms with van der Waals surface area (Å²) in [6, 6.07) is 0. The van der Waals surface area contributed by atoms with Gasteiger partial charge in [0.05, 0.1) is 12.7 Å². The van der Waals surface area contributed by atoms with Crippen LogP contribution >= 0.6 is 9.03 Å². The molecule has 3 heteroatoms. The Bertz CT molecular complexity index is 51.7. The van der Waals surface area contributed by atoms with Crippen molar-refractivity contribution in [1.29, 1.82) is 0 Å². The Hall–Kier alpha value is 0.350. The van der Waals surface area contributed by atoms with E-state index < -0.39 is 0 Å². The third-order valence-electron chi connectivity index (χ3n) is 0.935. The maximum Gasteiger partial charge on any atom is 0.155 e. The van der Waals surface area contributed by atoms with E-state index in [9.17, 15) is 0 Å². The van der Waals surface area contributed by atoms with Gasteiger partial charge in [0.25, 0.3) is 0 Å². The van der Waals surface area contributed by atoms with Gasteiger partial charge in [-0.25, -0.2) is 0 Å². The standard InChI is InChI=1S/C4H9O2P/c1-4-2-3-5-7-6-4/h4,7H,2-3H2,1H3. The molecule has 2 nitrogen and oxygen atoms in total. The molecule has 0 aromatic rings. The van der Waals surface area contributed by atoms with E-state index in [0.29, 0.717) is 6.10 Å². The van der Waals surface area contributed by atoms with Crippen molar-refractivity contribution in [3.05, 3.63) is 0 Å². The van der Waals surface area contributed by atoms with E-state index in [4.69, 9.17) is 9.05 Å². The van der Waals surface area contributed by atoms with Crippen molar-refractivity contribution in [2.24, 2.45) is 0 Å². The molecule has 0 aliphatic carbocycles. The van der Waals surface area contributed by atoms with Crippen molar-refractivity contribution in [3.8, 4) is 0 Å². The minimum atomic E-state index is 0.282. The Morgan fingerprint density at radius 1 is 1.71 bits per heavy atom. The second-order valence-corrected chi connectivity index (χ2v) is 2.34. The summed E-state index contributed by atoms with van der Waals surface area (Å²) in [6.07, 6.45) is 1.47. The fourth-order valence-corrected chi connectivity index (χ4v) is 0.993. The lowest BCUT2D eigenvalue weighted by molar-refractivity contribution is 0.133. The van der Waals surface area contributed by atoms with Gasteiger partial charge in [-0.1, -0.05) is 0 Å². The van der Waals surface area contributed by atoms with Gasteiger partial charge in [0, 0.05) is 0 Å². The molecule has 42 valence electrons. The van der Waals surface area contributed by atoms with Crippen molar-refractivity contribution in [2.75, 3.05) is 6.61 Å². The highest BCUT2D eigenvalue weighted by atomic mass is 31.1. The molecule has 1 aliphatic rings. The molecule has 7 heavy (non-hydrogen) atoms. The second kappa shape index (κ2) is 2.61. The Morgan fingerprint density at radius 3 is 2.86 bits per heavy atom. The molecular weight excluding hydrogens is 111 g/mol. The number of hydrogen-bond acceptors (Lipinski definition) is 2. The Kier molecular flexibility index (Phi) is 2.04. The van der Waals surface area contributed by atoms with Crippen molar-refractivity contribution >= 4 is 9.03 Å². The fraction of sp³-hybridized carbons (Fsp3) is 1.00. The van der Waals surface area contributed by atoms with Gasteiger partial charge in [0.1, 0.15) is 0 Å². The van der Waals surface area contributed by atoms with Gasteiger partial charge in [-0.2, -0.15) is 0 Å². The lowest BCUT2D eigenvalue weighted by Gasteiger charge is -2.17. The summed E-state index contributed by atoms with van der Waals surface area (Å²) in [5.74, 6) is 0. The summed E-state index contributed by atoms with van der Waals surface area (Å²) < 4.78 is 10.0.